The van der Waals surface area contributed by atoms with Gasteiger partial charge in [-0.25, -0.2) is 69.8 Å². The predicted octanol–water partition coefficient (Wildman–Crippen LogP) is 13.8. The summed E-state index contributed by atoms with van der Waals surface area (Å²) in [4.78, 5) is 64.7. The van der Waals surface area contributed by atoms with Gasteiger partial charge in [0.05, 0.1) is 114 Å². The van der Waals surface area contributed by atoms with Crippen LogP contribution in [0.15, 0.2) is 231 Å². The lowest BCUT2D eigenvalue weighted by Crippen LogP contribution is -2.43. The number of ether oxygens (including phenoxy) is 1. The maximum atomic E-state index is 5.94. The highest BCUT2D eigenvalue weighted by Crippen LogP contribution is 2.35. The molecule has 0 aliphatic carbocycles. The summed E-state index contributed by atoms with van der Waals surface area (Å²) in [5.74, 6) is 5.40. The van der Waals surface area contributed by atoms with Crippen molar-refractivity contribution >= 4 is 134 Å². The molecule has 0 unspecified atom stereocenters. The van der Waals surface area contributed by atoms with E-state index >= 15 is 0 Å². The number of piperazine rings is 1. The average Bonchev–Trinajstić information content (AvgIpc) is 1.68. The molecule has 7 N–H and O–H groups in total. The van der Waals surface area contributed by atoms with Crippen LogP contribution in [0.1, 0.15) is 43.1 Å². The van der Waals surface area contributed by atoms with Gasteiger partial charge in [0.1, 0.15) is 26.1 Å². The van der Waals surface area contributed by atoms with E-state index in [4.69, 9.17) is 4.74 Å². The van der Waals surface area contributed by atoms with Crippen LogP contribution in [0, 0.1) is 13.8 Å². The Morgan fingerprint density at radius 3 is 1.23 bits per heavy atom. The van der Waals surface area contributed by atoms with Crippen LogP contribution < -0.4 is 46.9 Å². The number of hydrogen-bond acceptors (Lipinski definition) is 30. The lowest BCUT2D eigenvalue weighted by atomic mass is 10.1. The quantitative estimate of drug-likeness (QED) is 0.0370. The summed E-state index contributed by atoms with van der Waals surface area (Å²) in [6.45, 7) is 13.9. The number of pyridine rings is 4. The zero-order valence-electron chi connectivity index (χ0n) is 70.8. The fourth-order valence-corrected chi connectivity index (χ4v) is 15.9. The van der Waals surface area contributed by atoms with E-state index in [-0.39, 0.29) is 6.10 Å². The van der Waals surface area contributed by atoms with E-state index in [9.17, 15) is 0 Å². The van der Waals surface area contributed by atoms with E-state index < -0.39 is 0 Å². The van der Waals surface area contributed by atoms with Crippen LogP contribution in [0.5, 0.6) is 5.88 Å². The second-order valence-electron chi connectivity index (χ2n) is 30.4. The Bertz CT molecular complexity index is 7270. The lowest BCUT2D eigenvalue weighted by molar-refractivity contribution is 0.214. The van der Waals surface area contributed by atoms with Gasteiger partial charge in [0.2, 0.25) is 5.88 Å². The highest BCUT2D eigenvalue weighted by molar-refractivity contribution is 9.10. The molecule has 2 fully saturated rings. The van der Waals surface area contributed by atoms with Crippen molar-refractivity contribution in [3.63, 3.8) is 0 Å². The van der Waals surface area contributed by atoms with Crippen molar-refractivity contribution in [2.75, 3.05) is 70.8 Å². The molecule has 0 radical (unpaired) electrons. The smallest absolute Gasteiger partial charge is 0.215 e. The monoisotopic (exact) mass is 1860 g/mol. The summed E-state index contributed by atoms with van der Waals surface area (Å²) < 4.78 is 30.8. The summed E-state index contributed by atoms with van der Waals surface area (Å²) >= 11 is 8.32. The molecule has 0 bridgehead atoms. The van der Waals surface area contributed by atoms with Gasteiger partial charge in [0, 0.05) is 230 Å². The highest BCUT2D eigenvalue weighted by Gasteiger charge is 2.22. The van der Waals surface area contributed by atoms with E-state index in [2.05, 4.69) is 200 Å². The number of fused-ring (bicyclic) bond motifs is 5. The summed E-state index contributed by atoms with van der Waals surface area (Å²) in [6.07, 6.45) is 52.8. The van der Waals surface area contributed by atoms with E-state index in [1.54, 1.807) is 66.8 Å². The van der Waals surface area contributed by atoms with Crippen LogP contribution in [0.3, 0.4) is 0 Å². The van der Waals surface area contributed by atoms with Crippen molar-refractivity contribution < 1.29 is 4.74 Å². The molecule has 42 heteroatoms. The van der Waals surface area contributed by atoms with Crippen LogP contribution >= 0.6 is 43.4 Å². The summed E-state index contributed by atoms with van der Waals surface area (Å²) in [5, 5.41) is 45.4. The van der Waals surface area contributed by atoms with Crippen LogP contribution in [-0.2, 0) is 35.2 Å². The third kappa shape index (κ3) is 18.8. The minimum Gasteiger partial charge on any atom is -0.473 e. The Hall–Kier alpha value is -15.1. The molecule has 2 aliphatic heterocycles. The average molecular weight is 1860 g/mol. The Morgan fingerprint density at radius 1 is 0.414 bits per heavy atom. The summed E-state index contributed by atoms with van der Waals surface area (Å²) in [6, 6.07) is 15.7. The lowest BCUT2D eigenvalue weighted by Gasteiger charge is -2.28. The zero-order valence-corrected chi connectivity index (χ0v) is 74.8. The number of hydrogen-bond donors (Lipinski definition) is 7. The van der Waals surface area contributed by atoms with Crippen molar-refractivity contribution in [1.82, 2.24) is 156 Å². The molecule has 39 nitrogen and oxygen atoms in total. The number of nitrogens with zero attached hydrogens (tertiary/aromatic N) is 31. The normalized spacial score (nSPS) is 13.1. The zero-order chi connectivity index (χ0) is 87.9. The number of aryl methyl sites for hydroxylation is 7. The van der Waals surface area contributed by atoms with E-state index in [1.807, 2.05) is 238 Å². The fraction of sp³-hybridized carbons (Fsp3) is 0.209. The Labute approximate surface area is 752 Å². The van der Waals surface area contributed by atoms with Crippen molar-refractivity contribution in [3.05, 3.63) is 248 Å². The molecule has 646 valence electrons. The summed E-state index contributed by atoms with van der Waals surface area (Å²) in [5.41, 5.74) is 20.2. The standard InChI is InChI=1S/C19H21N9.C19H20N8O.2C16H14BrN7.C16H17N7S/c1-26-13-14(11-24-26)16-12-23-19-18(22-6-9-28(16)19)25-15-2-3-21-17(10-15)27-7-4-20-5-8-27;1-26-12-13(9-24-26)16-11-23-19-18(22-6-7-27(16)19)25-14-2-5-21-17(8-14)28-15-3-4-20-10-15;1-10-5-12(7-19-14(10)17)22-15-16-20-8-13(24(16)4-3-18-15)11-6-21-23(2)9-11;1-10-3-4-12(14(17)21-10)22-15-16-19-8-13(24(16)6-5-18-15)11-7-20-23(2)9-11;1-10(2)12-6-14(24-21-12)20-15-16-18-8-13(23(16)5-4-17-15)11-7-19-22(3)9-11/h2-3,6,9-13,20H,4-5,7-8H2,1H3,(H,21,22,25);2,5-9,11-12,15,20H,3-4,10H2,1H3,(H,21,22,25);2*3-9H,1-2H3,(H,18,22);4-10H,1-3H3,(H,17,20)/t;15-;;;/m.1.../s1. The number of imidazole rings is 5. The Morgan fingerprint density at radius 2 is 0.836 bits per heavy atom. The third-order valence-corrected chi connectivity index (χ3v) is 22.9. The second-order valence-corrected chi connectivity index (χ2v) is 32.7. The van der Waals surface area contributed by atoms with Crippen LogP contribution in [-0.4, -0.2) is 190 Å². The number of aromatic nitrogens is 30. The molecule has 0 saturated carbocycles. The van der Waals surface area contributed by atoms with Gasteiger partial charge >= 0.3 is 0 Å². The third-order valence-electron chi connectivity index (χ3n) is 20.8. The van der Waals surface area contributed by atoms with Gasteiger partial charge in [0.25, 0.3) is 0 Å². The largest absolute Gasteiger partial charge is 0.473 e. The van der Waals surface area contributed by atoms with Crippen LogP contribution in [0.2, 0.25) is 0 Å². The van der Waals surface area contributed by atoms with Gasteiger partial charge in [-0.1, -0.05) is 13.8 Å². The first-order valence-corrected chi connectivity index (χ1v) is 43.1. The molecule has 22 heterocycles. The molecule has 20 aromatic heterocycles. The number of halogens is 2. The molecule has 20 aromatic rings. The van der Waals surface area contributed by atoms with E-state index in [0.29, 0.717) is 40.9 Å². The second kappa shape index (κ2) is 37.3. The van der Waals surface area contributed by atoms with Gasteiger partial charge < -0.3 is 46.9 Å². The van der Waals surface area contributed by atoms with Crippen molar-refractivity contribution in [2.45, 2.75) is 46.1 Å². The SMILES string of the molecule is CC(C)c1cc(Nc2nccn3c(-c4cnn(C)c4)cnc23)sn1.Cc1cc(Nc2nccn3c(-c4cnn(C)c4)cnc23)cnc1Br.Cc1ccc(Nc2nccn3c(-c4cnn(C)c4)cnc23)c(Br)n1.Cn1cc(-c2cnc3c(Nc4ccnc(N5CCNCC5)c4)nccn23)cn1.Cn1cc(-c2cnc3c(Nc4ccnc(O[C@@H]5CCNC5)c4)nccn23)cn1. The Kier molecular flexibility index (Phi) is 24.4. The molecule has 2 saturated heterocycles. The molecule has 2 aliphatic rings. The van der Waals surface area contributed by atoms with Gasteiger partial charge in [-0.05, 0) is 118 Å². The number of nitrogens with one attached hydrogen (secondary N) is 7. The van der Waals surface area contributed by atoms with Gasteiger partial charge in [0.15, 0.2) is 57.3 Å². The molecule has 0 aromatic carbocycles. The van der Waals surface area contributed by atoms with Gasteiger partial charge in [-0.3, -0.25) is 45.4 Å². The summed E-state index contributed by atoms with van der Waals surface area (Å²) in [7, 11) is 9.48. The minimum atomic E-state index is 0.165. The molecule has 1 atom stereocenters. The van der Waals surface area contributed by atoms with Crippen molar-refractivity contribution in [2.24, 2.45) is 35.2 Å². The molecule has 0 amide bonds. The molecule has 0 spiro atoms. The highest BCUT2D eigenvalue weighted by atomic mass is 79.9. The topological polar surface area (TPSA) is 401 Å². The maximum Gasteiger partial charge on any atom is 0.215 e. The first kappa shape index (κ1) is 83.7. The van der Waals surface area contributed by atoms with Crippen molar-refractivity contribution in [1.29, 1.82) is 0 Å². The molecular formula is C86H86Br2N38OS. The molecular weight excluding hydrogens is 1770 g/mol. The van der Waals surface area contributed by atoms with E-state index in [0.717, 1.165) is 190 Å². The van der Waals surface area contributed by atoms with Crippen molar-refractivity contribution in [3.8, 4) is 62.2 Å². The number of anilines is 11. The molecule has 22 rings (SSSR count). The van der Waals surface area contributed by atoms with Crippen LogP contribution in [0.4, 0.5) is 62.7 Å². The first-order chi connectivity index (χ1) is 62.4. The Balaban J connectivity index is 0.000000108. The number of rotatable bonds is 19. The van der Waals surface area contributed by atoms with Gasteiger partial charge in [-0.2, -0.15) is 29.9 Å². The minimum absolute atomic E-state index is 0.165. The fourth-order valence-electron chi connectivity index (χ4n) is 14.4. The molecule has 128 heavy (non-hydrogen) atoms. The van der Waals surface area contributed by atoms with Gasteiger partial charge in [-0.15, -0.1) is 0 Å². The van der Waals surface area contributed by atoms with E-state index in [1.165, 1.54) is 11.5 Å². The maximum absolute atomic E-state index is 5.94. The van der Waals surface area contributed by atoms with Crippen LogP contribution in [0.25, 0.3) is 84.5 Å². The predicted molar refractivity (Wildman–Crippen MR) is 497 cm³/mol. The first-order valence-electron chi connectivity index (χ1n) is 40.8.